The third-order valence-electron chi connectivity index (χ3n) is 4.35. The number of carbonyl (C=O) groups excluding carboxylic acids is 2. The smallest absolute Gasteiger partial charge is 0.174 e. The van der Waals surface area contributed by atoms with E-state index in [0.717, 1.165) is 41.5 Å². The van der Waals surface area contributed by atoms with Crippen molar-refractivity contribution in [2.45, 2.75) is 39.0 Å². The highest BCUT2D eigenvalue weighted by Crippen LogP contribution is 2.42. The van der Waals surface area contributed by atoms with Crippen LogP contribution in [0.2, 0.25) is 0 Å². The number of aryl methyl sites for hydroxylation is 2. The number of benzene rings is 1. The number of hydrogen-bond donors (Lipinski definition) is 0. The van der Waals surface area contributed by atoms with Gasteiger partial charge in [-0.25, -0.2) is 0 Å². The molecule has 2 unspecified atom stereocenters. The Bertz CT molecular complexity index is 595. The molecular formula is C17H18O2. The van der Waals surface area contributed by atoms with Gasteiger partial charge in [-0.3, -0.25) is 9.59 Å². The molecule has 1 saturated carbocycles. The van der Waals surface area contributed by atoms with Crippen LogP contribution in [-0.2, 0) is 9.59 Å². The lowest BCUT2D eigenvalue weighted by molar-refractivity contribution is -0.124. The number of Topliss-reactive ketones (excluding diaryl/α,β-unsaturated/α-hetero) is 2. The summed E-state index contributed by atoms with van der Waals surface area (Å²) in [5, 5.41) is 0. The second-order valence-electron chi connectivity index (χ2n) is 5.70. The van der Waals surface area contributed by atoms with Gasteiger partial charge in [-0.1, -0.05) is 29.8 Å². The molecule has 2 heteroatoms. The summed E-state index contributed by atoms with van der Waals surface area (Å²) >= 11 is 0. The van der Waals surface area contributed by atoms with Crippen molar-refractivity contribution in [1.82, 2.24) is 0 Å². The Labute approximate surface area is 113 Å². The minimum absolute atomic E-state index is 0.0432. The number of allylic oxidation sites excluding steroid dienone is 2. The van der Waals surface area contributed by atoms with Gasteiger partial charge in [0.15, 0.2) is 11.6 Å². The molecule has 1 aromatic rings. The Hall–Kier alpha value is -1.70. The van der Waals surface area contributed by atoms with Gasteiger partial charge in [0.2, 0.25) is 0 Å². The fourth-order valence-corrected chi connectivity index (χ4v) is 3.39. The Morgan fingerprint density at radius 2 is 1.95 bits per heavy atom. The Morgan fingerprint density at radius 3 is 2.63 bits per heavy atom. The van der Waals surface area contributed by atoms with Crippen molar-refractivity contribution < 1.29 is 9.59 Å². The summed E-state index contributed by atoms with van der Waals surface area (Å²) in [6, 6.07) is 5.98. The molecule has 1 fully saturated rings. The predicted octanol–water partition coefficient (Wildman–Crippen LogP) is 3.27. The van der Waals surface area contributed by atoms with E-state index in [1.165, 1.54) is 0 Å². The molecule has 0 bridgehead atoms. The minimum Gasteiger partial charge on any atom is -0.298 e. The largest absolute Gasteiger partial charge is 0.298 e. The van der Waals surface area contributed by atoms with Gasteiger partial charge in [0.05, 0.1) is 0 Å². The molecule has 1 aromatic carbocycles. The topological polar surface area (TPSA) is 34.1 Å². The summed E-state index contributed by atoms with van der Waals surface area (Å²) in [4.78, 5) is 25.0. The summed E-state index contributed by atoms with van der Waals surface area (Å²) in [6.07, 6.45) is 4.78. The summed E-state index contributed by atoms with van der Waals surface area (Å²) in [5.41, 5.74) is 3.89. The molecule has 2 aliphatic rings. The SMILES string of the molecule is Cc1ccc(C2C(=O)C3=CCCCC3C2=O)c(C)c1. The first-order chi connectivity index (χ1) is 9.09. The van der Waals surface area contributed by atoms with Crippen molar-refractivity contribution in [2.75, 3.05) is 0 Å². The molecule has 0 heterocycles. The first-order valence-corrected chi connectivity index (χ1v) is 6.94. The lowest BCUT2D eigenvalue weighted by atomic mass is 9.88. The second-order valence-corrected chi connectivity index (χ2v) is 5.70. The molecule has 98 valence electrons. The molecule has 2 aliphatic carbocycles. The standard InChI is InChI=1S/C17H18O2/c1-10-7-8-12(11(2)9-10)15-16(18)13-5-3-4-6-14(13)17(15)19/h5,7-9,14-15H,3-4,6H2,1-2H3. The number of carbonyl (C=O) groups is 2. The molecule has 0 N–H and O–H groups in total. The van der Waals surface area contributed by atoms with Crippen molar-refractivity contribution in [3.8, 4) is 0 Å². The quantitative estimate of drug-likeness (QED) is 0.721. The van der Waals surface area contributed by atoms with E-state index in [-0.39, 0.29) is 17.5 Å². The highest BCUT2D eigenvalue weighted by Gasteiger charge is 2.46. The zero-order valence-corrected chi connectivity index (χ0v) is 11.4. The zero-order chi connectivity index (χ0) is 13.6. The number of rotatable bonds is 1. The van der Waals surface area contributed by atoms with E-state index in [1.807, 2.05) is 38.1 Å². The van der Waals surface area contributed by atoms with E-state index >= 15 is 0 Å². The maximum atomic E-state index is 12.5. The molecule has 2 atom stereocenters. The van der Waals surface area contributed by atoms with E-state index in [1.54, 1.807) is 0 Å². The first-order valence-electron chi connectivity index (χ1n) is 6.94. The van der Waals surface area contributed by atoms with Gasteiger partial charge in [-0.05, 0) is 44.2 Å². The van der Waals surface area contributed by atoms with Gasteiger partial charge in [0, 0.05) is 11.5 Å². The highest BCUT2D eigenvalue weighted by atomic mass is 16.2. The average Bonchev–Trinajstić information content (AvgIpc) is 2.64. The molecule has 0 aliphatic heterocycles. The lowest BCUT2D eigenvalue weighted by Crippen LogP contribution is -2.16. The normalized spacial score (nSPS) is 26.3. The maximum absolute atomic E-state index is 12.5. The van der Waals surface area contributed by atoms with E-state index in [0.29, 0.717) is 0 Å². The molecule has 0 spiro atoms. The molecule has 0 amide bonds. The molecular weight excluding hydrogens is 236 g/mol. The Kier molecular flexibility index (Phi) is 2.89. The summed E-state index contributed by atoms with van der Waals surface area (Å²) < 4.78 is 0. The summed E-state index contributed by atoms with van der Waals surface area (Å²) in [7, 11) is 0. The van der Waals surface area contributed by atoms with Crippen LogP contribution in [0, 0.1) is 19.8 Å². The fraction of sp³-hybridized carbons (Fsp3) is 0.412. The van der Waals surface area contributed by atoms with E-state index in [4.69, 9.17) is 0 Å². The summed E-state index contributed by atoms with van der Waals surface area (Å²) in [6.45, 7) is 4.01. The van der Waals surface area contributed by atoms with Gasteiger partial charge < -0.3 is 0 Å². The van der Waals surface area contributed by atoms with E-state index in [9.17, 15) is 9.59 Å². The van der Waals surface area contributed by atoms with Crippen LogP contribution in [0.1, 0.15) is 41.9 Å². The van der Waals surface area contributed by atoms with Crippen LogP contribution in [-0.4, -0.2) is 11.6 Å². The zero-order valence-electron chi connectivity index (χ0n) is 11.4. The van der Waals surface area contributed by atoms with Crippen LogP contribution in [0.15, 0.2) is 29.8 Å². The van der Waals surface area contributed by atoms with Crippen LogP contribution >= 0.6 is 0 Å². The van der Waals surface area contributed by atoms with E-state index < -0.39 is 5.92 Å². The van der Waals surface area contributed by atoms with Crippen molar-refractivity contribution in [2.24, 2.45) is 5.92 Å². The van der Waals surface area contributed by atoms with Gasteiger partial charge >= 0.3 is 0 Å². The molecule has 2 nitrogen and oxygen atoms in total. The predicted molar refractivity (Wildman–Crippen MR) is 74.1 cm³/mol. The molecule has 0 aromatic heterocycles. The average molecular weight is 254 g/mol. The first kappa shape index (κ1) is 12.3. The highest BCUT2D eigenvalue weighted by molar-refractivity contribution is 6.24. The minimum atomic E-state index is -0.546. The molecule has 0 saturated heterocycles. The van der Waals surface area contributed by atoms with Crippen LogP contribution in [0.5, 0.6) is 0 Å². The van der Waals surface area contributed by atoms with Gasteiger partial charge in [-0.15, -0.1) is 0 Å². The van der Waals surface area contributed by atoms with Crippen molar-refractivity contribution >= 4 is 11.6 Å². The molecule has 3 rings (SSSR count). The molecule has 19 heavy (non-hydrogen) atoms. The summed E-state index contributed by atoms with van der Waals surface area (Å²) in [5.74, 6) is -0.522. The number of fused-ring (bicyclic) bond motifs is 1. The van der Waals surface area contributed by atoms with Gasteiger partial charge in [-0.2, -0.15) is 0 Å². The van der Waals surface area contributed by atoms with Crippen molar-refractivity contribution in [3.63, 3.8) is 0 Å². The maximum Gasteiger partial charge on any atom is 0.174 e. The van der Waals surface area contributed by atoms with Gasteiger partial charge in [0.1, 0.15) is 5.92 Å². The second kappa shape index (κ2) is 4.44. The van der Waals surface area contributed by atoms with Crippen LogP contribution in [0.3, 0.4) is 0 Å². The van der Waals surface area contributed by atoms with Crippen LogP contribution < -0.4 is 0 Å². The van der Waals surface area contributed by atoms with E-state index in [2.05, 4.69) is 0 Å². The van der Waals surface area contributed by atoms with Crippen LogP contribution in [0.4, 0.5) is 0 Å². The van der Waals surface area contributed by atoms with Crippen molar-refractivity contribution in [1.29, 1.82) is 0 Å². The molecule has 0 radical (unpaired) electrons. The monoisotopic (exact) mass is 254 g/mol. The lowest BCUT2D eigenvalue weighted by Gasteiger charge is -2.14. The number of hydrogen-bond acceptors (Lipinski definition) is 2. The number of ketones is 2. The fourth-order valence-electron chi connectivity index (χ4n) is 3.39. The Morgan fingerprint density at radius 1 is 1.16 bits per heavy atom. The van der Waals surface area contributed by atoms with Gasteiger partial charge in [0.25, 0.3) is 0 Å². The third-order valence-corrected chi connectivity index (χ3v) is 4.35. The van der Waals surface area contributed by atoms with Crippen LogP contribution in [0.25, 0.3) is 0 Å². The van der Waals surface area contributed by atoms with Crippen molar-refractivity contribution in [3.05, 3.63) is 46.5 Å². The third kappa shape index (κ3) is 1.86. The Balaban J connectivity index is 2.06.